The van der Waals surface area contributed by atoms with E-state index in [1.54, 1.807) is 6.08 Å². The van der Waals surface area contributed by atoms with Crippen molar-refractivity contribution in [3.63, 3.8) is 0 Å². The Balaban J connectivity index is 3.17. The van der Waals surface area contributed by atoms with Crippen molar-refractivity contribution in [2.75, 3.05) is 0 Å². The smallest absolute Gasteiger partial charge is 0.249 e. The fourth-order valence-electron chi connectivity index (χ4n) is 1.59. The summed E-state index contributed by atoms with van der Waals surface area (Å²) in [6.07, 6.45) is 2.57. The first kappa shape index (κ1) is 12.4. The van der Waals surface area contributed by atoms with Crippen LogP contribution in [-0.4, -0.2) is 4.92 Å². The van der Waals surface area contributed by atoms with Gasteiger partial charge in [-0.1, -0.05) is 45.0 Å². The number of hydrogen-bond acceptors (Lipinski definition) is 2. The van der Waals surface area contributed by atoms with Gasteiger partial charge in [0.05, 0.1) is 4.92 Å². The van der Waals surface area contributed by atoms with Gasteiger partial charge in [0.15, 0.2) is 0 Å². The molecule has 0 atom stereocenters. The van der Waals surface area contributed by atoms with E-state index in [9.17, 15) is 10.1 Å². The molecule has 1 aromatic carbocycles. The molecule has 86 valence electrons. The van der Waals surface area contributed by atoms with E-state index in [1.165, 1.54) is 0 Å². The Labute approximate surface area is 95.9 Å². The van der Waals surface area contributed by atoms with Crippen LogP contribution in [0.15, 0.2) is 30.0 Å². The highest BCUT2D eigenvalue weighted by Gasteiger charge is 2.15. The zero-order valence-electron chi connectivity index (χ0n) is 9.93. The summed E-state index contributed by atoms with van der Waals surface area (Å²) < 4.78 is 0. The molecular weight excluding hydrogens is 202 g/mol. The van der Waals surface area contributed by atoms with E-state index in [4.69, 9.17) is 0 Å². The minimum atomic E-state index is -0.295. The highest BCUT2D eigenvalue weighted by atomic mass is 16.6. The second-order valence-electron chi connectivity index (χ2n) is 4.03. The van der Waals surface area contributed by atoms with Crippen LogP contribution in [0.2, 0.25) is 0 Å². The van der Waals surface area contributed by atoms with E-state index in [0.717, 1.165) is 17.5 Å². The molecule has 0 radical (unpaired) electrons. The molecule has 0 fully saturated rings. The number of benzene rings is 1. The predicted molar refractivity (Wildman–Crippen MR) is 65.6 cm³/mol. The van der Waals surface area contributed by atoms with Gasteiger partial charge < -0.3 is 0 Å². The van der Waals surface area contributed by atoms with E-state index in [-0.39, 0.29) is 16.5 Å². The van der Waals surface area contributed by atoms with Crippen molar-refractivity contribution in [3.05, 3.63) is 51.2 Å². The van der Waals surface area contributed by atoms with Crippen molar-refractivity contribution >= 4 is 6.08 Å². The maximum Gasteiger partial charge on any atom is 0.249 e. The SMILES string of the molecule is CCc1ccccc1/C=C(/C(C)C)[N+](=O)[O-]. The number of aryl methyl sites for hydroxylation is 1. The summed E-state index contributed by atoms with van der Waals surface area (Å²) in [4.78, 5) is 10.6. The Hall–Kier alpha value is -1.64. The van der Waals surface area contributed by atoms with Gasteiger partial charge in [-0.15, -0.1) is 0 Å². The van der Waals surface area contributed by atoms with Crippen LogP contribution in [0.5, 0.6) is 0 Å². The van der Waals surface area contributed by atoms with Crippen molar-refractivity contribution in [2.24, 2.45) is 5.92 Å². The maximum atomic E-state index is 10.9. The lowest BCUT2D eigenvalue weighted by Crippen LogP contribution is -2.05. The lowest BCUT2D eigenvalue weighted by molar-refractivity contribution is -0.431. The normalized spacial score (nSPS) is 11.9. The number of hydrogen-bond donors (Lipinski definition) is 0. The summed E-state index contributed by atoms with van der Waals surface area (Å²) in [6, 6.07) is 7.79. The van der Waals surface area contributed by atoms with Crippen LogP contribution < -0.4 is 0 Å². The monoisotopic (exact) mass is 219 g/mol. The van der Waals surface area contributed by atoms with Crippen LogP contribution in [-0.2, 0) is 6.42 Å². The van der Waals surface area contributed by atoms with Crippen molar-refractivity contribution < 1.29 is 4.92 Å². The third kappa shape index (κ3) is 2.92. The third-order valence-electron chi connectivity index (χ3n) is 2.54. The van der Waals surface area contributed by atoms with Crippen LogP contribution in [0.3, 0.4) is 0 Å². The Kier molecular flexibility index (Phi) is 4.23. The highest BCUT2D eigenvalue weighted by Crippen LogP contribution is 2.18. The molecule has 0 aromatic heterocycles. The Bertz CT molecular complexity index is 408. The number of rotatable bonds is 4. The molecule has 16 heavy (non-hydrogen) atoms. The summed E-state index contributed by atoms with van der Waals surface area (Å²) in [6.45, 7) is 5.72. The van der Waals surface area contributed by atoms with Gasteiger partial charge >= 0.3 is 0 Å². The summed E-state index contributed by atoms with van der Waals surface area (Å²) in [5, 5.41) is 10.9. The molecule has 0 aliphatic rings. The average Bonchev–Trinajstić information content (AvgIpc) is 2.25. The van der Waals surface area contributed by atoms with E-state index >= 15 is 0 Å². The highest BCUT2D eigenvalue weighted by molar-refractivity contribution is 5.55. The number of nitro groups is 1. The maximum absolute atomic E-state index is 10.9. The molecule has 0 saturated heterocycles. The topological polar surface area (TPSA) is 43.1 Å². The molecule has 1 rings (SSSR count). The average molecular weight is 219 g/mol. The molecule has 0 N–H and O–H groups in total. The number of allylic oxidation sites excluding steroid dienone is 1. The molecule has 0 bridgehead atoms. The number of nitrogens with zero attached hydrogens (tertiary/aromatic N) is 1. The van der Waals surface area contributed by atoms with Gasteiger partial charge in [0.25, 0.3) is 0 Å². The summed E-state index contributed by atoms with van der Waals surface area (Å²) in [5.41, 5.74) is 2.36. The van der Waals surface area contributed by atoms with Crippen LogP contribution >= 0.6 is 0 Å². The molecule has 0 amide bonds. The fourth-order valence-corrected chi connectivity index (χ4v) is 1.59. The Morgan fingerprint density at radius 3 is 2.56 bits per heavy atom. The molecule has 0 aliphatic heterocycles. The van der Waals surface area contributed by atoms with Crippen molar-refractivity contribution in [1.82, 2.24) is 0 Å². The van der Waals surface area contributed by atoms with Gasteiger partial charge in [-0.05, 0) is 17.5 Å². The molecule has 3 nitrogen and oxygen atoms in total. The fraction of sp³-hybridized carbons (Fsp3) is 0.385. The molecule has 0 heterocycles. The van der Waals surface area contributed by atoms with Crippen LogP contribution in [0, 0.1) is 16.0 Å². The molecule has 1 aromatic rings. The van der Waals surface area contributed by atoms with Crippen LogP contribution in [0.4, 0.5) is 0 Å². The Morgan fingerprint density at radius 2 is 2.06 bits per heavy atom. The second-order valence-corrected chi connectivity index (χ2v) is 4.03. The minimum Gasteiger partial charge on any atom is -0.259 e. The summed E-state index contributed by atoms with van der Waals surface area (Å²) >= 11 is 0. The van der Waals surface area contributed by atoms with Crippen molar-refractivity contribution in [1.29, 1.82) is 0 Å². The predicted octanol–water partition coefficient (Wildman–Crippen LogP) is 3.52. The molecule has 0 unspecified atom stereocenters. The van der Waals surface area contributed by atoms with E-state index in [2.05, 4.69) is 0 Å². The third-order valence-corrected chi connectivity index (χ3v) is 2.54. The molecule has 0 spiro atoms. The lowest BCUT2D eigenvalue weighted by atomic mass is 10.0. The van der Waals surface area contributed by atoms with Gasteiger partial charge in [-0.3, -0.25) is 10.1 Å². The van der Waals surface area contributed by atoms with Crippen molar-refractivity contribution in [2.45, 2.75) is 27.2 Å². The van der Waals surface area contributed by atoms with E-state index in [1.807, 2.05) is 45.0 Å². The van der Waals surface area contributed by atoms with Gasteiger partial charge in [0.1, 0.15) is 0 Å². The first-order chi connectivity index (χ1) is 7.56. The van der Waals surface area contributed by atoms with Crippen molar-refractivity contribution in [3.8, 4) is 0 Å². The zero-order chi connectivity index (χ0) is 12.1. The second kappa shape index (κ2) is 5.45. The van der Waals surface area contributed by atoms with Gasteiger partial charge in [0.2, 0.25) is 5.70 Å². The standard InChI is InChI=1S/C13H17NO2/c1-4-11-7-5-6-8-12(11)9-13(10(2)3)14(15)16/h5-10H,4H2,1-3H3/b13-9-. The quantitative estimate of drug-likeness (QED) is 0.574. The van der Waals surface area contributed by atoms with Gasteiger partial charge in [-0.25, -0.2) is 0 Å². The van der Waals surface area contributed by atoms with E-state index < -0.39 is 0 Å². The first-order valence-corrected chi connectivity index (χ1v) is 5.50. The van der Waals surface area contributed by atoms with Crippen LogP contribution in [0.25, 0.3) is 6.08 Å². The summed E-state index contributed by atoms with van der Waals surface area (Å²) in [5.74, 6) is -0.0695. The van der Waals surface area contributed by atoms with Crippen LogP contribution in [0.1, 0.15) is 31.9 Å². The van der Waals surface area contributed by atoms with Gasteiger partial charge in [-0.2, -0.15) is 0 Å². The Morgan fingerprint density at radius 1 is 1.44 bits per heavy atom. The van der Waals surface area contributed by atoms with Gasteiger partial charge in [0, 0.05) is 12.0 Å². The zero-order valence-corrected chi connectivity index (χ0v) is 9.93. The molecule has 0 saturated carbocycles. The lowest BCUT2D eigenvalue weighted by Gasteiger charge is -2.05. The molecule has 3 heteroatoms. The first-order valence-electron chi connectivity index (χ1n) is 5.50. The van der Waals surface area contributed by atoms with E-state index in [0.29, 0.717) is 0 Å². The molecule has 0 aliphatic carbocycles. The largest absolute Gasteiger partial charge is 0.259 e. The molecular formula is C13H17NO2. The summed E-state index contributed by atoms with van der Waals surface area (Å²) in [7, 11) is 0. The minimum absolute atomic E-state index is 0.0695.